The van der Waals surface area contributed by atoms with Crippen LogP contribution in [0.3, 0.4) is 0 Å². The first-order valence-corrected chi connectivity index (χ1v) is 9.89. The number of fused-ring (bicyclic) bond motifs is 1. The van der Waals surface area contributed by atoms with Crippen LogP contribution in [-0.2, 0) is 4.79 Å². The van der Waals surface area contributed by atoms with Gasteiger partial charge in [-0.05, 0) is 42.1 Å². The van der Waals surface area contributed by atoms with Crippen molar-refractivity contribution in [3.63, 3.8) is 0 Å². The molecule has 0 spiro atoms. The van der Waals surface area contributed by atoms with Crippen LogP contribution in [-0.4, -0.2) is 16.8 Å². The summed E-state index contributed by atoms with van der Waals surface area (Å²) in [5, 5.41) is 2.08. The Morgan fingerprint density at radius 3 is 2.44 bits per heavy atom. The lowest BCUT2D eigenvalue weighted by atomic mass is 10.0. The number of ether oxygens (including phenoxy) is 1. The van der Waals surface area contributed by atoms with Crippen LogP contribution < -0.4 is 9.64 Å². The minimum atomic E-state index is -0.0887. The number of carbonyl (C=O) groups excluding carboxylic acids is 1. The highest BCUT2D eigenvalue weighted by atomic mass is 32.2. The fourth-order valence-electron chi connectivity index (χ4n) is 3.11. The number of amides is 1. The molecule has 1 aliphatic rings. The van der Waals surface area contributed by atoms with Crippen LogP contribution in [0, 0.1) is 0 Å². The van der Waals surface area contributed by atoms with Crippen LogP contribution in [0.5, 0.6) is 5.75 Å². The average Bonchev–Trinajstić information content (AvgIpc) is 2.98. The summed E-state index contributed by atoms with van der Waals surface area (Å²) in [5.74, 6) is 0.760. The van der Waals surface area contributed by atoms with Crippen molar-refractivity contribution in [3.05, 3.63) is 77.2 Å². The first kappa shape index (κ1) is 17.8. The van der Waals surface area contributed by atoms with Crippen molar-refractivity contribution in [2.24, 2.45) is 0 Å². The lowest BCUT2D eigenvalue weighted by Crippen LogP contribution is -2.27. The van der Waals surface area contributed by atoms with Gasteiger partial charge in [-0.3, -0.25) is 9.69 Å². The molecule has 5 heteroatoms. The lowest BCUT2D eigenvalue weighted by molar-refractivity contribution is -0.113. The second kappa shape index (κ2) is 7.55. The van der Waals surface area contributed by atoms with Crippen LogP contribution in [0.15, 0.2) is 71.6 Å². The van der Waals surface area contributed by atoms with Crippen molar-refractivity contribution in [2.45, 2.75) is 6.92 Å². The third kappa shape index (κ3) is 3.36. The molecule has 4 rings (SSSR count). The molecule has 0 radical (unpaired) electrons. The Labute approximate surface area is 167 Å². The standard InChI is InChI=1S/C22H17NO2S2/c1-2-25-19-13-12-15(17-10-6-7-11-18(17)19)14-20-21(24)23(22(26)27-20)16-8-4-3-5-9-16/h3-14H,2H2,1H3/b20-14+. The number of thioether (sulfide) groups is 1. The summed E-state index contributed by atoms with van der Waals surface area (Å²) in [7, 11) is 0. The number of hydrogen-bond acceptors (Lipinski definition) is 4. The van der Waals surface area contributed by atoms with Crippen LogP contribution in [0.1, 0.15) is 12.5 Å². The molecule has 1 amide bonds. The highest BCUT2D eigenvalue weighted by molar-refractivity contribution is 8.27. The van der Waals surface area contributed by atoms with Gasteiger partial charge in [-0.15, -0.1) is 0 Å². The van der Waals surface area contributed by atoms with Crippen molar-refractivity contribution in [3.8, 4) is 5.75 Å². The van der Waals surface area contributed by atoms with Crippen LogP contribution in [0.25, 0.3) is 16.8 Å². The molecule has 0 aromatic heterocycles. The van der Waals surface area contributed by atoms with Gasteiger partial charge in [0.15, 0.2) is 4.32 Å². The molecular formula is C22H17NO2S2. The summed E-state index contributed by atoms with van der Waals surface area (Å²) in [6, 6.07) is 21.5. The Hall–Kier alpha value is -2.63. The first-order chi connectivity index (χ1) is 13.2. The van der Waals surface area contributed by atoms with Crippen molar-refractivity contribution in [1.82, 2.24) is 0 Å². The molecule has 3 aromatic rings. The SMILES string of the molecule is CCOc1ccc(/C=C2/SC(=S)N(c3ccccc3)C2=O)c2ccccc12. The van der Waals surface area contributed by atoms with Gasteiger partial charge in [0, 0.05) is 5.39 Å². The van der Waals surface area contributed by atoms with E-state index in [1.165, 1.54) is 11.8 Å². The number of hydrogen-bond donors (Lipinski definition) is 0. The molecule has 27 heavy (non-hydrogen) atoms. The smallest absolute Gasteiger partial charge is 0.270 e. The van der Waals surface area contributed by atoms with Crippen LogP contribution >= 0.6 is 24.0 Å². The number of anilines is 1. The molecule has 1 heterocycles. The quantitative estimate of drug-likeness (QED) is 0.425. The Kier molecular flexibility index (Phi) is 4.97. The summed E-state index contributed by atoms with van der Waals surface area (Å²) >= 11 is 6.78. The third-order valence-corrected chi connectivity index (χ3v) is 5.61. The summed E-state index contributed by atoms with van der Waals surface area (Å²) in [6.45, 7) is 2.58. The zero-order valence-corrected chi connectivity index (χ0v) is 16.3. The molecule has 0 atom stereocenters. The van der Waals surface area contributed by atoms with Gasteiger partial charge < -0.3 is 4.74 Å². The largest absolute Gasteiger partial charge is 0.493 e. The minimum Gasteiger partial charge on any atom is -0.493 e. The van der Waals surface area contributed by atoms with E-state index in [4.69, 9.17) is 17.0 Å². The Morgan fingerprint density at radius 2 is 1.70 bits per heavy atom. The van der Waals surface area contributed by atoms with Gasteiger partial charge in [-0.1, -0.05) is 72.5 Å². The highest BCUT2D eigenvalue weighted by Gasteiger charge is 2.33. The van der Waals surface area contributed by atoms with E-state index < -0.39 is 0 Å². The second-order valence-corrected chi connectivity index (χ2v) is 7.66. The summed E-state index contributed by atoms with van der Waals surface area (Å²) in [6.07, 6.45) is 1.92. The zero-order valence-electron chi connectivity index (χ0n) is 14.7. The van der Waals surface area contributed by atoms with Gasteiger partial charge in [0.1, 0.15) is 5.75 Å². The zero-order chi connectivity index (χ0) is 18.8. The molecule has 134 valence electrons. The fourth-order valence-corrected chi connectivity index (χ4v) is 4.40. The molecule has 0 N–H and O–H groups in total. The average molecular weight is 392 g/mol. The maximum atomic E-state index is 13.0. The molecule has 1 saturated heterocycles. The summed E-state index contributed by atoms with van der Waals surface area (Å²) in [4.78, 5) is 15.2. The van der Waals surface area contributed by atoms with Gasteiger partial charge in [-0.25, -0.2) is 0 Å². The molecule has 0 unspecified atom stereocenters. The van der Waals surface area contributed by atoms with Gasteiger partial charge >= 0.3 is 0 Å². The van der Waals surface area contributed by atoms with E-state index in [9.17, 15) is 4.79 Å². The lowest BCUT2D eigenvalue weighted by Gasteiger charge is -2.14. The van der Waals surface area contributed by atoms with E-state index >= 15 is 0 Å². The maximum Gasteiger partial charge on any atom is 0.270 e. The molecule has 3 aromatic carbocycles. The topological polar surface area (TPSA) is 29.5 Å². The molecule has 0 saturated carbocycles. The number of para-hydroxylation sites is 1. The monoisotopic (exact) mass is 391 g/mol. The van der Waals surface area contributed by atoms with E-state index in [-0.39, 0.29) is 5.91 Å². The fraction of sp³-hybridized carbons (Fsp3) is 0.0909. The normalized spacial score (nSPS) is 15.7. The predicted molar refractivity (Wildman–Crippen MR) is 117 cm³/mol. The Morgan fingerprint density at radius 1 is 1.00 bits per heavy atom. The van der Waals surface area contributed by atoms with Gasteiger partial charge in [-0.2, -0.15) is 0 Å². The van der Waals surface area contributed by atoms with E-state index in [0.717, 1.165) is 27.8 Å². The van der Waals surface area contributed by atoms with Crippen molar-refractivity contribution in [2.75, 3.05) is 11.5 Å². The molecule has 1 aliphatic heterocycles. The van der Waals surface area contributed by atoms with Gasteiger partial charge in [0.05, 0.1) is 17.2 Å². The van der Waals surface area contributed by atoms with Crippen molar-refractivity contribution >= 4 is 56.7 Å². The van der Waals surface area contributed by atoms with E-state index in [2.05, 4.69) is 0 Å². The number of carbonyl (C=O) groups is 1. The summed E-state index contributed by atoms with van der Waals surface area (Å²) in [5.41, 5.74) is 1.77. The Balaban J connectivity index is 1.75. The molecular weight excluding hydrogens is 374 g/mol. The number of benzene rings is 3. The molecule has 0 bridgehead atoms. The van der Waals surface area contributed by atoms with Crippen LogP contribution in [0.2, 0.25) is 0 Å². The number of rotatable bonds is 4. The Bertz CT molecular complexity index is 1060. The van der Waals surface area contributed by atoms with Gasteiger partial charge in [0.2, 0.25) is 0 Å². The van der Waals surface area contributed by atoms with Crippen LogP contribution in [0.4, 0.5) is 5.69 Å². The predicted octanol–water partition coefficient (Wildman–Crippen LogP) is 5.64. The van der Waals surface area contributed by atoms with E-state index in [0.29, 0.717) is 15.8 Å². The van der Waals surface area contributed by atoms with Crippen molar-refractivity contribution < 1.29 is 9.53 Å². The third-order valence-electron chi connectivity index (χ3n) is 4.31. The maximum absolute atomic E-state index is 13.0. The van der Waals surface area contributed by atoms with E-state index in [1.54, 1.807) is 4.90 Å². The van der Waals surface area contributed by atoms with Crippen molar-refractivity contribution in [1.29, 1.82) is 0 Å². The number of nitrogens with zero attached hydrogens (tertiary/aromatic N) is 1. The van der Waals surface area contributed by atoms with E-state index in [1.807, 2.05) is 79.7 Å². The highest BCUT2D eigenvalue weighted by Crippen LogP contribution is 2.37. The molecule has 1 fully saturated rings. The van der Waals surface area contributed by atoms with Gasteiger partial charge in [0.25, 0.3) is 5.91 Å². The number of thiocarbonyl (C=S) groups is 1. The first-order valence-electron chi connectivity index (χ1n) is 8.66. The summed E-state index contributed by atoms with van der Waals surface area (Å²) < 4.78 is 6.28. The second-order valence-electron chi connectivity index (χ2n) is 5.98. The molecule has 3 nitrogen and oxygen atoms in total. The molecule has 0 aliphatic carbocycles. The minimum absolute atomic E-state index is 0.0887.